The molecule has 21 heavy (non-hydrogen) atoms. The van der Waals surface area contributed by atoms with Crippen LogP contribution in [0.4, 0.5) is 0 Å². The number of hydrogen-bond donors (Lipinski definition) is 2. The van der Waals surface area contributed by atoms with E-state index in [-0.39, 0.29) is 11.4 Å². The van der Waals surface area contributed by atoms with Gasteiger partial charge in [-0.05, 0) is 46.2 Å². The number of aromatic nitrogens is 1. The molecule has 0 saturated carbocycles. The Bertz CT molecular complexity index is 687. The van der Waals surface area contributed by atoms with E-state index in [1.807, 2.05) is 6.92 Å². The molecule has 2 aromatic heterocycles. The summed E-state index contributed by atoms with van der Waals surface area (Å²) in [7, 11) is -3.53. The smallest absolute Gasteiger partial charge is 0.242 e. The molecule has 0 radical (unpaired) electrons. The van der Waals surface area contributed by atoms with Crippen LogP contribution in [0, 0.1) is 0 Å². The largest absolute Gasteiger partial charge is 0.312 e. The van der Waals surface area contributed by atoms with E-state index < -0.39 is 10.0 Å². The molecule has 8 heteroatoms. The first kappa shape index (κ1) is 16.6. The molecule has 0 aromatic carbocycles. The summed E-state index contributed by atoms with van der Waals surface area (Å²) in [6, 6.07) is 5.26. The first-order valence-corrected chi connectivity index (χ1v) is 9.49. The van der Waals surface area contributed by atoms with Gasteiger partial charge in [-0.25, -0.2) is 13.1 Å². The lowest BCUT2D eigenvalue weighted by molar-refractivity contribution is 0.581. The maximum atomic E-state index is 12.3. The second-order valence-corrected chi connectivity index (χ2v) is 8.50. The van der Waals surface area contributed by atoms with Crippen molar-refractivity contribution in [2.45, 2.75) is 24.9 Å². The van der Waals surface area contributed by atoms with Gasteiger partial charge in [0.15, 0.2) is 0 Å². The number of halogens is 1. The zero-order chi connectivity index (χ0) is 15.3. The van der Waals surface area contributed by atoms with Crippen LogP contribution in [0.15, 0.2) is 39.3 Å². The van der Waals surface area contributed by atoms with Crippen LogP contribution in [0.25, 0.3) is 0 Å². The summed E-state index contributed by atoms with van der Waals surface area (Å²) in [5.74, 6) is 0. The summed E-state index contributed by atoms with van der Waals surface area (Å²) in [4.78, 5) is 5.17. The first-order valence-electron chi connectivity index (χ1n) is 6.40. The van der Waals surface area contributed by atoms with Crippen LogP contribution in [-0.2, 0) is 23.1 Å². The fourth-order valence-electron chi connectivity index (χ4n) is 1.67. The summed E-state index contributed by atoms with van der Waals surface area (Å²) in [6.07, 6.45) is 3.28. The molecule has 0 unspecified atom stereocenters. The second-order valence-electron chi connectivity index (χ2n) is 4.31. The number of nitrogens with one attached hydrogen (secondary N) is 2. The number of hydrogen-bond acceptors (Lipinski definition) is 5. The number of thiophene rings is 1. The average molecular weight is 390 g/mol. The molecule has 2 rings (SSSR count). The molecule has 0 aliphatic heterocycles. The zero-order valence-electron chi connectivity index (χ0n) is 11.5. The molecule has 114 valence electrons. The Morgan fingerprint density at radius 2 is 2.00 bits per heavy atom. The Hall–Kier alpha value is -0.800. The molecule has 5 nitrogen and oxygen atoms in total. The van der Waals surface area contributed by atoms with E-state index in [0.29, 0.717) is 10.3 Å². The Morgan fingerprint density at radius 3 is 2.67 bits per heavy atom. The van der Waals surface area contributed by atoms with Gasteiger partial charge in [0, 0.05) is 30.4 Å². The lowest BCUT2D eigenvalue weighted by Gasteiger charge is -2.05. The van der Waals surface area contributed by atoms with Gasteiger partial charge >= 0.3 is 0 Å². The molecular formula is C13H16BrN3O2S2. The number of sulfonamides is 1. The summed E-state index contributed by atoms with van der Waals surface area (Å²) in [6.45, 7) is 3.77. The van der Waals surface area contributed by atoms with Gasteiger partial charge in [-0.1, -0.05) is 6.92 Å². The van der Waals surface area contributed by atoms with Crippen molar-refractivity contribution in [3.8, 4) is 0 Å². The molecule has 0 saturated heterocycles. The lowest BCUT2D eigenvalue weighted by Crippen LogP contribution is -2.23. The molecule has 2 N–H and O–H groups in total. The number of pyridine rings is 1. The van der Waals surface area contributed by atoms with Crippen molar-refractivity contribution < 1.29 is 8.42 Å². The third-order valence-electron chi connectivity index (χ3n) is 2.76. The fourth-order valence-corrected chi connectivity index (χ4v) is 5.34. The van der Waals surface area contributed by atoms with Crippen LogP contribution in [-0.4, -0.2) is 19.9 Å². The second kappa shape index (κ2) is 7.46. The van der Waals surface area contributed by atoms with Gasteiger partial charge < -0.3 is 5.32 Å². The summed E-state index contributed by atoms with van der Waals surface area (Å²) < 4.78 is 27.9. The van der Waals surface area contributed by atoms with E-state index in [1.54, 1.807) is 30.6 Å². The van der Waals surface area contributed by atoms with Crippen molar-refractivity contribution in [3.05, 3.63) is 44.8 Å². The van der Waals surface area contributed by atoms with Crippen LogP contribution in [0.3, 0.4) is 0 Å². The third kappa shape index (κ3) is 4.58. The normalized spacial score (nSPS) is 11.7. The van der Waals surface area contributed by atoms with Crippen molar-refractivity contribution in [1.82, 2.24) is 15.0 Å². The molecule has 0 atom stereocenters. The molecule has 0 fully saturated rings. The minimum absolute atomic E-state index is 0.246. The van der Waals surface area contributed by atoms with E-state index >= 15 is 0 Å². The highest BCUT2D eigenvalue weighted by atomic mass is 79.9. The molecule has 2 heterocycles. The third-order valence-corrected chi connectivity index (χ3v) is 6.41. The molecular weight excluding hydrogens is 374 g/mol. The van der Waals surface area contributed by atoms with E-state index in [2.05, 4.69) is 31.0 Å². The van der Waals surface area contributed by atoms with E-state index in [4.69, 9.17) is 0 Å². The van der Waals surface area contributed by atoms with Crippen LogP contribution in [0.1, 0.15) is 17.4 Å². The molecule has 2 aromatic rings. The highest BCUT2D eigenvalue weighted by Gasteiger charge is 2.20. The van der Waals surface area contributed by atoms with Crippen molar-refractivity contribution in [1.29, 1.82) is 0 Å². The average Bonchev–Trinajstić information content (AvgIpc) is 2.86. The van der Waals surface area contributed by atoms with Crippen LogP contribution in [0.2, 0.25) is 0 Å². The topological polar surface area (TPSA) is 71.1 Å². The monoisotopic (exact) mass is 389 g/mol. The van der Waals surface area contributed by atoms with Crippen LogP contribution < -0.4 is 10.0 Å². The van der Waals surface area contributed by atoms with Gasteiger partial charge in [-0.15, -0.1) is 11.3 Å². The summed E-state index contributed by atoms with van der Waals surface area (Å²) in [5.41, 5.74) is 0.868. The maximum Gasteiger partial charge on any atom is 0.242 e. The Labute approximate surface area is 137 Å². The van der Waals surface area contributed by atoms with Crippen molar-refractivity contribution in [2.75, 3.05) is 6.54 Å². The highest BCUT2D eigenvalue weighted by Crippen LogP contribution is 2.31. The molecule has 0 bridgehead atoms. The molecule has 0 aliphatic carbocycles. The summed E-state index contributed by atoms with van der Waals surface area (Å²) >= 11 is 4.76. The maximum absolute atomic E-state index is 12.3. The Balaban J connectivity index is 2.10. The Morgan fingerprint density at radius 1 is 1.29 bits per heavy atom. The van der Waals surface area contributed by atoms with Crippen molar-refractivity contribution in [2.24, 2.45) is 0 Å². The van der Waals surface area contributed by atoms with Crippen LogP contribution >= 0.6 is 27.3 Å². The minimum atomic E-state index is -3.53. The Kier molecular flexibility index (Phi) is 5.88. The van der Waals surface area contributed by atoms with E-state index in [1.165, 1.54) is 11.3 Å². The number of rotatable bonds is 7. The highest BCUT2D eigenvalue weighted by molar-refractivity contribution is 9.11. The van der Waals surface area contributed by atoms with Gasteiger partial charge in [0.25, 0.3) is 0 Å². The zero-order valence-corrected chi connectivity index (χ0v) is 14.7. The van der Waals surface area contributed by atoms with Gasteiger partial charge in [0.05, 0.1) is 3.79 Å². The lowest BCUT2D eigenvalue weighted by atomic mass is 10.3. The van der Waals surface area contributed by atoms with Gasteiger partial charge in [0.2, 0.25) is 10.0 Å². The predicted octanol–water partition coefficient (Wildman–Crippen LogP) is 2.49. The fraction of sp³-hybridized carbons (Fsp3) is 0.308. The van der Waals surface area contributed by atoms with Gasteiger partial charge in [-0.2, -0.15) is 0 Å². The van der Waals surface area contributed by atoms with E-state index in [9.17, 15) is 8.42 Å². The number of nitrogens with zero attached hydrogens (tertiary/aromatic N) is 1. The standard InChI is InChI=1S/C13H16BrN3O2S2/c1-2-15-9-11-7-12(13(14)20-11)21(18,19)17-8-10-3-5-16-6-4-10/h3-7,15,17H,2,8-9H2,1H3. The van der Waals surface area contributed by atoms with E-state index in [0.717, 1.165) is 17.0 Å². The molecule has 0 amide bonds. The first-order chi connectivity index (χ1) is 10.0. The predicted molar refractivity (Wildman–Crippen MR) is 87.7 cm³/mol. The quantitative estimate of drug-likeness (QED) is 0.762. The molecule has 0 aliphatic rings. The van der Waals surface area contributed by atoms with Crippen molar-refractivity contribution >= 4 is 37.3 Å². The summed E-state index contributed by atoms with van der Waals surface area (Å²) in [5, 5.41) is 3.18. The SMILES string of the molecule is CCNCc1cc(S(=O)(=O)NCc2ccncc2)c(Br)s1. The molecule has 0 spiro atoms. The minimum Gasteiger partial charge on any atom is -0.312 e. The van der Waals surface area contributed by atoms with Gasteiger partial charge in [0.1, 0.15) is 4.90 Å². The van der Waals surface area contributed by atoms with Gasteiger partial charge in [-0.3, -0.25) is 4.98 Å². The van der Waals surface area contributed by atoms with Crippen molar-refractivity contribution in [3.63, 3.8) is 0 Å². The van der Waals surface area contributed by atoms with Crippen LogP contribution in [0.5, 0.6) is 0 Å².